The Labute approximate surface area is 125 Å². The van der Waals surface area contributed by atoms with Crippen LogP contribution in [0.5, 0.6) is 0 Å². The van der Waals surface area contributed by atoms with Gasteiger partial charge in [-0.1, -0.05) is 25.4 Å². The third-order valence-electron chi connectivity index (χ3n) is 2.94. The van der Waals surface area contributed by atoms with Gasteiger partial charge >= 0.3 is 0 Å². The molecule has 0 fully saturated rings. The van der Waals surface area contributed by atoms with Crippen molar-refractivity contribution >= 4 is 24.0 Å². The molecule has 0 amide bonds. The molecule has 3 nitrogen and oxygen atoms in total. The maximum absolute atomic E-state index is 5.86. The summed E-state index contributed by atoms with van der Waals surface area (Å²) in [6, 6.07) is 7.57. The summed E-state index contributed by atoms with van der Waals surface area (Å²) in [6.45, 7) is 7.00. The highest BCUT2D eigenvalue weighted by molar-refractivity contribution is 6.30. The van der Waals surface area contributed by atoms with Crippen LogP contribution in [-0.4, -0.2) is 23.0 Å². The molecule has 2 aromatic rings. The van der Waals surface area contributed by atoms with Gasteiger partial charge in [0.2, 0.25) is 5.89 Å². The van der Waals surface area contributed by atoms with E-state index in [0.29, 0.717) is 0 Å². The van der Waals surface area contributed by atoms with Gasteiger partial charge in [-0.05, 0) is 37.4 Å². The highest BCUT2D eigenvalue weighted by Gasteiger charge is 2.09. The molecular weight excluding hydrogens is 283 g/mol. The van der Waals surface area contributed by atoms with Crippen molar-refractivity contribution < 1.29 is 4.42 Å². The minimum absolute atomic E-state index is 0. The highest BCUT2D eigenvalue weighted by Crippen LogP contribution is 2.22. The van der Waals surface area contributed by atoms with Crippen LogP contribution in [0.25, 0.3) is 11.3 Å². The second-order valence-corrected chi connectivity index (χ2v) is 4.52. The molecule has 0 aliphatic heterocycles. The third-order valence-corrected chi connectivity index (χ3v) is 3.19. The molecule has 0 saturated carbocycles. The first-order valence-electron chi connectivity index (χ1n) is 6.16. The van der Waals surface area contributed by atoms with Gasteiger partial charge in [0.1, 0.15) is 0 Å². The van der Waals surface area contributed by atoms with Gasteiger partial charge in [0.25, 0.3) is 0 Å². The molecule has 0 radical (unpaired) electrons. The summed E-state index contributed by atoms with van der Waals surface area (Å²) in [6.07, 6.45) is 1.77. The van der Waals surface area contributed by atoms with E-state index >= 15 is 0 Å². The van der Waals surface area contributed by atoms with Crippen LogP contribution in [0, 0.1) is 0 Å². The lowest BCUT2D eigenvalue weighted by atomic mass is 10.2. The minimum Gasteiger partial charge on any atom is -0.439 e. The molecule has 0 atom stereocenters. The Morgan fingerprint density at radius 1 is 1.16 bits per heavy atom. The average Bonchev–Trinajstić information content (AvgIpc) is 2.85. The first-order valence-corrected chi connectivity index (χ1v) is 6.53. The summed E-state index contributed by atoms with van der Waals surface area (Å²) < 4.78 is 5.75. The van der Waals surface area contributed by atoms with Gasteiger partial charge in [-0.2, -0.15) is 0 Å². The van der Waals surface area contributed by atoms with E-state index in [2.05, 4.69) is 23.7 Å². The van der Waals surface area contributed by atoms with Gasteiger partial charge in [0, 0.05) is 10.6 Å². The predicted molar refractivity (Wildman–Crippen MR) is 80.8 cm³/mol. The molecule has 1 aromatic heterocycles. The van der Waals surface area contributed by atoms with Crippen LogP contribution in [0.4, 0.5) is 0 Å². The van der Waals surface area contributed by atoms with Crippen molar-refractivity contribution in [1.82, 2.24) is 9.88 Å². The lowest BCUT2D eigenvalue weighted by molar-refractivity contribution is 0.264. The molecule has 1 heterocycles. The molecule has 0 bridgehead atoms. The van der Waals surface area contributed by atoms with Crippen molar-refractivity contribution in [3.05, 3.63) is 41.4 Å². The Hall–Kier alpha value is -1.03. The van der Waals surface area contributed by atoms with Crippen LogP contribution in [0.2, 0.25) is 5.02 Å². The zero-order valence-electron chi connectivity index (χ0n) is 11.1. The Morgan fingerprint density at radius 2 is 1.79 bits per heavy atom. The normalized spacial score (nSPS) is 10.5. The van der Waals surface area contributed by atoms with Crippen molar-refractivity contribution in [1.29, 1.82) is 0 Å². The number of benzene rings is 1. The number of oxazole rings is 1. The van der Waals surface area contributed by atoms with E-state index in [-0.39, 0.29) is 12.4 Å². The van der Waals surface area contributed by atoms with Crippen molar-refractivity contribution in [3.8, 4) is 11.3 Å². The summed E-state index contributed by atoms with van der Waals surface area (Å²) in [5.41, 5.74) is 0.998. The van der Waals surface area contributed by atoms with Gasteiger partial charge in [-0.3, -0.25) is 4.90 Å². The standard InChI is InChI=1S/C14H17ClN2O.ClH/c1-3-17(4-2)10-14-16-9-13(18-14)11-5-7-12(15)8-6-11;/h5-9H,3-4,10H2,1-2H3;1H. The maximum Gasteiger partial charge on any atom is 0.209 e. The van der Waals surface area contributed by atoms with Gasteiger partial charge in [0.15, 0.2) is 5.76 Å². The summed E-state index contributed by atoms with van der Waals surface area (Å²) in [5, 5.41) is 0.724. The Balaban J connectivity index is 0.00000180. The second-order valence-electron chi connectivity index (χ2n) is 4.09. The fourth-order valence-electron chi connectivity index (χ4n) is 1.77. The molecule has 5 heteroatoms. The number of nitrogens with zero attached hydrogens (tertiary/aromatic N) is 2. The zero-order chi connectivity index (χ0) is 13.0. The first kappa shape index (κ1) is 16.0. The summed E-state index contributed by atoms with van der Waals surface area (Å²) in [7, 11) is 0. The highest BCUT2D eigenvalue weighted by atomic mass is 35.5. The fourth-order valence-corrected chi connectivity index (χ4v) is 1.90. The monoisotopic (exact) mass is 300 g/mol. The van der Waals surface area contributed by atoms with Crippen LogP contribution in [-0.2, 0) is 6.54 Å². The van der Waals surface area contributed by atoms with Crippen molar-refractivity contribution in [2.75, 3.05) is 13.1 Å². The molecule has 0 unspecified atom stereocenters. The van der Waals surface area contributed by atoms with Crippen LogP contribution >= 0.6 is 24.0 Å². The SMILES string of the molecule is CCN(CC)Cc1ncc(-c2ccc(Cl)cc2)o1.Cl. The Morgan fingerprint density at radius 3 is 2.37 bits per heavy atom. The van der Waals surface area contributed by atoms with E-state index in [0.717, 1.165) is 41.9 Å². The fraction of sp³-hybridized carbons (Fsp3) is 0.357. The van der Waals surface area contributed by atoms with Crippen LogP contribution < -0.4 is 0 Å². The third kappa shape index (κ3) is 4.23. The van der Waals surface area contributed by atoms with E-state index in [1.807, 2.05) is 24.3 Å². The van der Waals surface area contributed by atoms with Gasteiger partial charge in [0.05, 0.1) is 12.7 Å². The molecule has 0 spiro atoms. The molecule has 0 aliphatic rings. The van der Waals surface area contributed by atoms with Crippen molar-refractivity contribution in [2.24, 2.45) is 0 Å². The summed E-state index contributed by atoms with van der Waals surface area (Å²) >= 11 is 5.86. The van der Waals surface area contributed by atoms with E-state index in [1.54, 1.807) is 6.20 Å². The number of rotatable bonds is 5. The number of hydrogen-bond acceptors (Lipinski definition) is 3. The molecule has 1 aromatic carbocycles. The number of aromatic nitrogens is 1. The zero-order valence-corrected chi connectivity index (χ0v) is 12.7. The predicted octanol–water partition coefficient (Wildman–Crippen LogP) is 4.26. The molecule has 104 valence electrons. The number of hydrogen-bond donors (Lipinski definition) is 0. The molecular formula is C14H18Cl2N2O. The topological polar surface area (TPSA) is 29.3 Å². The molecule has 19 heavy (non-hydrogen) atoms. The van der Waals surface area contributed by atoms with E-state index < -0.39 is 0 Å². The van der Waals surface area contributed by atoms with E-state index in [4.69, 9.17) is 16.0 Å². The van der Waals surface area contributed by atoms with Crippen LogP contribution in [0.3, 0.4) is 0 Å². The van der Waals surface area contributed by atoms with Crippen molar-refractivity contribution in [2.45, 2.75) is 20.4 Å². The van der Waals surface area contributed by atoms with Crippen LogP contribution in [0.15, 0.2) is 34.9 Å². The summed E-state index contributed by atoms with van der Waals surface area (Å²) in [5.74, 6) is 1.54. The van der Waals surface area contributed by atoms with Gasteiger partial charge < -0.3 is 4.42 Å². The van der Waals surface area contributed by atoms with Gasteiger partial charge in [-0.15, -0.1) is 12.4 Å². The van der Waals surface area contributed by atoms with Crippen molar-refractivity contribution in [3.63, 3.8) is 0 Å². The number of halogens is 2. The molecule has 2 rings (SSSR count). The largest absolute Gasteiger partial charge is 0.439 e. The van der Waals surface area contributed by atoms with Crippen LogP contribution in [0.1, 0.15) is 19.7 Å². The molecule has 0 N–H and O–H groups in total. The summed E-state index contributed by atoms with van der Waals surface area (Å²) in [4.78, 5) is 6.57. The van der Waals surface area contributed by atoms with Gasteiger partial charge in [-0.25, -0.2) is 4.98 Å². The minimum atomic E-state index is 0. The molecule has 0 aliphatic carbocycles. The quantitative estimate of drug-likeness (QED) is 0.826. The average molecular weight is 301 g/mol. The lowest BCUT2D eigenvalue weighted by Gasteiger charge is -2.14. The molecule has 0 saturated heterocycles. The maximum atomic E-state index is 5.86. The second kappa shape index (κ2) is 7.53. The smallest absolute Gasteiger partial charge is 0.209 e. The lowest BCUT2D eigenvalue weighted by Crippen LogP contribution is -2.22. The van der Waals surface area contributed by atoms with E-state index in [9.17, 15) is 0 Å². The Bertz CT molecular complexity index is 492. The first-order chi connectivity index (χ1) is 8.72. The van der Waals surface area contributed by atoms with E-state index in [1.165, 1.54) is 0 Å². The Kier molecular flexibility index (Phi) is 6.35.